The fraction of sp³-hybridized carbons (Fsp3) is 0.500. The van der Waals surface area contributed by atoms with Crippen molar-refractivity contribution in [3.8, 4) is 5.75 Å². The maximum Gasteiger partial charge on any atom is 0.122 e. The van der Waals surface area contributed by atoms with Crippen LogP contribution in [0, 0.1) is 0 Å². The number of nitrogens with two attached hydrogens (primary N) is 1. The van der Waals surface area contributed by atoms with E-state index in [0.29, 0.717) is 5.56 Å². The van der Waals surface area contributed by atoms with Crippen molar-refractivity contribution in [1.82, 2.24) is 0 Å². The molecule has 0 spiro atoms. The first-order valence-corrected chi connectivity index (χ1v) is 5.58. The lowest BCUT2D eigenvalue weighted by molar-refractivity contribution is 0.265. The van der Waals surface area contributed by atoms with Crippen LogP contribution >= 0.6 is 0 Å². The van der Waals surface area contributed by atoms with Crippen LogP contribution in [0.4, 0.5) is 5.69 Å². The molecule has 0 aromatic heterocycles. The molecule has 4 N–H and O–H groups in total. The van der Waals surface area contributed by atoms with E-state index in [-0.39, 0.29) is 12.4 Å². The number of hydrogen-bond donors (Lipinski definition) is 3. The van der Waals surface area contributed by atoms with Gasteiger partial charge in [0, 0.05) is 30.4 Å². The summed E-state index contributed by atoms with van der Waals surface area (Å²) in [6, 6.07) is 4.85. The summed E-state index contributed by atoms with van der Waals surface area (Å²) < 4.78 is 0. The average Bonchev–Trinajstić information content (AvgIpc) is 2.30. The number of rotatable bonds is 5. The third-order valence-corrected chi connectivity index (χ3v) is 2.74. The van der Waals surface area contributed by atoms with Gasteiger partial charge in [-0.1, -0.05) is 6.07 Å². The van der Waals surface area contributed by atoms with E-state index in [9.17, 15) is 5.11 Å². The second kappa shape index (κ2) is 5.72. The van der Waals surface area contributed by atoms with Gasteiger partial charge >= 0.3 is 0 Å². The van der Waals surface area contributed by atoms with E-state index in [1.165, 1.54) is 0 Å². The van der Waals surface area contributed by atoms with Crippen molar-refractivity contribution in [3.63, 3.8) is 0 Å². The number of hydrogen-bond acceptors (Lipinski definition) is 4. The standard InChI is InChI=1S/C12H20N2O2/c1-3-14(4-2)9-5-6-10(11(13)8-15)12(16)7-9/h5-7,11,15-16H,3-4,8,13H2,1-2H3. The van der Waals surface area contributed by atoms with Gasteiger partial charge in [0.05, 0.1) is 12.6 Å². The number of aliphatic hydroxyl groups is 1. The molecule has 90 valence electrons. The zero-order chi connectivity index (χ0) is 12.1. The molecule has 0 aliphatic heterocycles. The topological polar surface area (TPSA) is 69.7 Å². The smallest absolute Gasteiger partial charge is 0.122 e. The minimum absolute atomic E-state index is 0.144. The second-order valence-corrected chi connectivity index (χ2v) is 3.70. The molecular formula is C12H20N2O2. The first-order chi connectivity index (χ1) is 7.63. The van der Waals surface area contributed by atoms with Crippen LogP contribution < -0.4 is 10.6 Å². The van der Waals surface area contributed by atoms with Crippen LogP contribution in [0.5, 0.6) is 5.75 Å². The van der Waals surface area contributed by atoms with Crippen molar-refractivity contribution in [2.45, 2.75) is 19.9 Å². The summed E-state index contributed by atoms with van der Waals surface area (Å²) in [7, 11) is 0. The van der Waals surface area contributed by atoms with E-state index in [2.05, 4.69) is 18.7 Å². The highest BCUT2D eigenvalue weighted by atomic mass is 16.3. The Hall–Kier alpha value is -1.26. The quantitative estimate of drug-likeness (QED) is 0.703. The van der Waals surface area contributed by atoms with Gasteiger partial charge in [-0.15, -0.1) is 0 Å². The summed E-state index contributed by atoms with van der Waals surface area (Å²) >= 11 is 0. The summed E-state index contributed by atoms with van der Waals surface area (Å²) in [6.45, 7) is 5.74. The van der Waals surface area contributed by atoms with E-state index in [0.717, 1.165) is 18.8 Å². The van der Waals surface area contributed by atoms with Gasteiger partial charge in [0.15, 0.2) is 0 Å². The van der Waals surface area contributed by atoms with Crippen molar-refractivity contribution in [2.24, 2.45) is 5.73 Å². The number of anilines is 1. The Labute approximate surface area is 96.3 Å². The largest absolute Gasteiger partial charge is 0.508 e. The van der Waals surface area contributed by atoms with Gasteiger partial charge in [-0.2, -0.15) is 0 Å². The molecule has 0 saturated heterocycles. The molecule has 16 heavy (non-hydrogen) atoms. The lowest BCUT2D eigenvalue weighted by Crippen LogP contribution is -2.22. The third-order valence-electron chi connectivity index (χ3n) is 2.74. The molecule has 0 bridgehead atoms. The van der Waals surface area contributed by atoms with Crippen LogP contribution in [0.15, 0.2) is 18.2 Å². The molecule has 1 unspecified atom stereocenters. The Bertz CT molecular complexity index is 338. The highest BCUT2D eigenvalue weighted by molar-refractivity contribution is 5.54. The number of phenols is 1. The van der Waals surface area contributed by atoms with Gasteiger partial charge < -0.3 is 20.8 Å². The Morgan fingerprint density at radius 3 is 2.38 bits per heavy atom. The van der Waals surface area contributed by atoms with Crippen molar-refractivity contribution < 1.29 is 10.2 Å². The Kier molecular flexibility index (Phi) is 4.58. The molecule has 1 aromatic carbocycles. The summed E-state index contributed by atoms with van der Waals surface area (Å²) in [5, 5.41) is 18.8. The molecule has 0 aliphatic carbocycles. The zero-order valence-corrected chi connectivity index (χ0v) is 9.85. The normalized spacial score (nSPS) is 12.5. The summed E-state index contributed by atoms with van der Waals surface area (Å²) in [4.78, 5) is 2.13. The SMILES string of the molecule is CCN(CC)c1ccc(C(N)CO)c(O)c1. The van der Waals surface area contributed by atoms with Crippen molar-refractivity contribution in [1.29, 1.82) is 0 Å². The van der Waals surface area contributed by atoms with E-state index < -0.39 is 6.04 Å². The van der Waals surface area contributed by atoms with Crippen LogP contribution in [0.25, 0.3) is 0 Å². The maximum absolute atomic E-state index is 9.82. The van der Waals surface area contributed by atoms with Gasteiger partial charge in [0.2, 0.25) is 0 Å². The molecule has 0 fully saturated rings. The van der Waals surface area contributed by atoms with E-state index in [1.54, 1.807) is 12.1 Å². The van der Waals surface area contributed by atoms with Gasteiger partial charge in [-0.3, -0.25) is 0 Å². The van der Waals surface area contributed by atoms with Crippen LogP contribution in [-0.4, -0.2) is 29.9 Å². The average molecular weight is 224 g/mol. The number of benzene rings is 1. The lowest BCUT2D eigenvalue weighted by atomic mass is 10.1. The molecule has 4 nitrogen and oxygen atoms in total. The van der Waals surface area contributed by atoms with Crippen LogP contribution in [0.2, 0.25) is 0 Å². The molecule has 0 heterocycles. The summed E-state index contributed by atoms with van der Waals surface area (Å²) in [5.41, 5.74) is 7.21. The highest BCUT2D eigenvalue weighted by Gasteiger charge is 2.11. The number of nitrogens with zero attached hydrogens (tertiary/aromatic N) is 1. The second-order valence-electron chi connectivity index (χ2n) is 3.70. The van der Waals surface area contributed by atoms with Crippen LogP contribution in [0.3, 0.4) is 0 Å². The number of aromatic hydroxyl groups is 1. The molecule has 1 atom stereocenters. The van der Waals surface area contributed by atoms with E-state index >= 15 is 0 Å². The van der Waals surface area contributed by atoms with Crippen molar-refractivity contribution >= 4 is 5.69 Å². The van der Waals surface area contributed by atoms with E-state index in [1.807, 2.05) is 6.07 Å². The Balaban J connectivity index is 2.98. The van der Waals surface area contributed by atoms with Gasteiger partial charge in [-0.05, 0) is 19.9 Å². The highest BCUT2D eigenvalue weighted by Crippen LogP contribution is 2.27. The molecule has 0 radical (unpaired) electrons. The van der Waals surface area contributed by atoms with Gasteiger partial charge in [0.1, 0.15) is 5.75 Å². The monoisotopic (exact) mass is 224 g/mol. The van der Waals surface area contributed by atoms with E-state index in [4.69, 9.17) is 10.8 Å². The fourth-order valence-corrected chi connectivity index (χ4v) is 1.73. The minimum Gasteiger partial charge on any atom is -0.508 e. The fourth-order valence-electron chi connectivity index (χ4n) is 1.73. The van der Waals surface area contributed by atoms with Crippen LogP contribution in [0.1, 0.15) is 25.5 Å². The summed E-state index contributed by atoms with van der Waals surface area (Å²) in [5.74, 6) is 0.144. The van der Waals surface area contributed by atoms with Crippen LogP contribution in [-0.2, 0) is 0 Å². The molecule has 0 amide bonds. The predicted molar refractivity (Wildman–Crippen MR) is 65.7 cm³/mol. The van der Waals surface area contributed by atoms with Crippen molar-refractivity contribution in [2.75, 3.05) is 24.6 Å². The van der Waals surface area contributed by atoms with Crippen molar-refractivity contribution in [3.05, 3.63) is 23.8 Å². The molecular weight excluding hydrogens is 204 g/mol. The first-order valence-electron chi connectivity index (χ1n) is 5.58. The third kappa shape index (κ3) is 2.65. The molecule has 4 heteroatoms. The summed E-state index contributed by atoms with van der Waals surface area (Å²) in [6.07, 6.45) is 0. The Morgan fingerprint density at radius 2 is 1.94 bits per heavy atom. The Morgan fingerprint density at radius 1 is 1.31 bits per heavy atom. The predicted octanol–water partition coefficient (Wildman–Crippen LogP) is 1.23. The number of phenolic OH excluding ortho intramolecular Hbond substituents is 1. The first kappa shape index (κ1) is 12.8. The maximum atomic E-state index is 9.82. The molecule has 1 rings (SSSR count). The molecule has 0 saturated carbocycles. The molecule has 0 aliphatic rings. The van der Waals surface area contributed by atoms with Gasteiger partial charge in [-0.25, -0.2) is 0 Å². The zero-order valence-electron chi connectivity index (χ0n) is 9.85. The number of aliphatic hydroxyl groups excluding tert-OH is 1. The molecule has 1 aromatic rings. The lowest BCUT2D eigenvalue weighted by Gasteiger charge is -2.22. The van der Waals surface area contributed by atoms with Gasteiger partial charge in [0.25, 0.3) is 0 Å². The minimum atomic E-state index is -0.522.